The molecular weight excluding hydrogens is 793 g/mol. The highest BCUT2D eigenvalue weighted by atomic mass is 32.2. The fourth-order valence-electron chi connectivity index (χ4n) is 6.14. The second kappa shape index (κ2) is 24.1. The van der Waals surface area contributed by atoms with E-state index in [4.69, 9.17) is 10.5 Å². The molecule has 3 aromatic rings. The summed E-state index contributed by atoms with van der Waals surface area (Å²) in [5.74, 6) is -0.788. The minimum atomic E-state index is -4.29. The number of hydrogen-bond acceptors (Lipinski definition) is 10. The lowest BCUT2D eigenvalue weighted by Gasteiger charge is -2.19. The van der Waals surface area contributed by atoms with Gasteiger partial charge >= 0.3 is 0 Å². The average molecular weight is 851 g/mol. The van der Waals surface area contributed by atoms with Crippen LogP contribution < -0.4 is 26.4 Å². The molecule has 0 unspecified atom stereocenters. The molecule has 0 spiro atoms. The third-order valence-electron chi connectivity index (χ3n) is 9.60. The van der Waals surface area contributed by atoms with Crippen molar-refractivity contribution < 1.29 is 38.1 Å². The molecule has 0 aliphatic heterocycles. The number of hydrogen-bond donors (Lipinski definition) is 7. The van der Waals surface area contributed by atoms with Crippen LogP contribution >= 0.6 is 0 Å². The molecule has 0 radical (unpaired) electrons. The van der Waals surface area contributed by atoms with E-state index in [1.165, 1.54) is 43.6 Å². The lowest BCUT2D eigenvalue weighted by atomic mass is 9.99. The Labute approximate surface area is 359 Å². The fourth-order valence-corrected chi connectivity index (χ4v) is 7.50. The van der Waals surface area contributed by atoms with Gasteiger partial charge in [-0.2, -0.15) is 0 Å². The zero-order valence-electron chi connectivity index (χ0n) is 35.3. The smallest absolute Gasteiger partial charge is 0.255 e. The Hall–Kier alpha value is -6.25. The highest BCUT2D eigenvalue weighted by Gasteiger charge is 2.24. The molecule has 324 valence electrons. The number of aliphatic hydroxyl groups excluding tert-OH is 2. The van der Waals surface area contributed by atoms with Crippen molar-refractivity contribution in [2.45, 2.75) is 59.2 Å². The minimum Gasteiger partial charge on any atom is -0.508 e. The second-order valence-corrected chi connectivity index (χ2v) is 15.9. The average Bonchev–Trinajstić information content (AvgIpc) is 3.24. The Morgan fingerprint density at radius 1 is 0.902 bits per heavy atom. The normalized spacial score (nSPS) is 13.5. The first-order valence-corrected chi connectivity index (χ1v) is 21.2. The first-order valence-electron chi connectivity index (χ1n) is 19.7. The summed E-state index contributed by atoms with van der Waals surface area (Å²) >= 11 is 0. The Kier molecular flexibility index (Phi) is 19.4. The number of rotatable bonds is 24. The van der Waals surface area contributed by atoms with Crippen LogP contribution in [0.5, 0.6) is 11.5 Å². The zero-order valence-corrected chi connectivity index (χ0v) is 36.1. The van der Waals surface area contributed by atoms with E-state index in [0.717, 1.165) is 43.9 Å². The summed E-state index contributed by atoms with van der Waals surface area (Å²) < 4.78 is 33.7. The van der Waals surface area contributed by atoms with Crippen LogP contribution in [0.3, 0.4) is 0 Å². The molecule has 13 heteroatoms. The number of unbranched alkanes of at least 4 members (excludes halogenated alkanes) is 2. The van der Waals surface area contributed by atoms with Gasteiger partial charge in [0.25, 0.3) is 11.8 Å². The third kappa shape index (κ3) is 14.2. The Balaban J connectivity index is 1.69. The number of carbonyl (C=O) groups excluding carboxylic acids is 2. The molecule has 1 atom stereocenters. The molecule has 0 aliphatic rings. The number of nitrogens with one attached hydrogen (secondary N) is 3. The maximum absolute atomic E-state index is 14.2. The monoisotopic (exact) mass is 850 g/mol. The van der Waals surface area contributed by atoms with Gasteiger partial charge in [-0.15, -0.1) is 0 Å². The molecule has 3 rings (SSSR count). The van der Waals surface area contributed by atoms with Gasteiger partial charge in [-0.1, -0.05) is 74.7 Å². The number of primary amides is 1. The van der Waals surface area contributed by atoms with Crippen LogP contribution in [0.1, 0.15) is 62.8 Å². The van der Waals surface area contributed by atoms with Crippen LogP contribution in [-0.2, 0) is 32.5 Å². The largest absolute Gasteiger partial charge is 0.508 e. The molecule has 0 bridgehead atoms. The van der Waals surface area contributed by atoms with Gasteiger partial charge in [-0.25, -0.2) is 8.42 Å². The van der Waals surface area contributed by atoms with Gasteiger partial charge in [0.15, 0.2) is 0 Å². The van der Waals surface area contributed by atoms with Crippen LogP contribution in [0, 0.1) is 0 Å². The number of benzene rings is 3. The number of methoxy groups -OCH3 is 1. The van der Waals surface area contributed by atoms with Crippen molar-refractivity contribution in [3.05, 3.63) is 177 Å². The van der Waals surface area contributed by atoms with Gasteiger partial charge in [-0.3, -0.25) is 9.59 Å². The number of aromatic hydroxyl groups is 1. The molecule has 0 saturated carbocycles. The fraction of sp³-hybridized carbons (Fsp3) is 0.250. The van der Waals surface area contributed by atoms with Crippen LogP contribution in [0.25, 0.3) is 0 Å². The van der Waals surface area contributed by atoms with Crippen molar-refractivity contribution in [3.63, 3.8) is 0 Å². The lowest BCUT2D eigenvalue weighted by Crippen LogP contribution is -2.22. The van der Waals surface area contributed by atoms with Crippen molar-refractivity contribution in [1.82, 2.24) is 5.32 Å². The van der Waals surface area contributed by atoms with E-state index in [9.17, 15) is 33.3 Å². The van der Waals surface area contributed by atoms with Gasteiger partial charge in [0, 0.05) is 40.7 Å². The van der Waals surface area contributed by atoms with Crippen molar-refractivity contribution >= 4 is 33.0 Å². The molecule has 0 heterocycles. The molecule has 0 aromatic heterocycles. The van der Waals surface area contributed by atoms with Gasteiger partial charge in [0.1, 0.15) is 11.5 Å². The van der Waals surface area contributed by atoms with E-state index in [1.54, 1.807) is 69.3 Å². The summed E-state index contributed by atoms with van der Waals surface area (Å²) in [6, 6.07) is 19.1. The number of aryl methyl sites for hydroxylation is 1. The van der Waals surface area contributed by atoms with Gasteiger partial charge in [0.05, 0.1) is 40.9 Å². The number of aliphatic hydroxyl groups is 2. The topological polar surface area (TPSA) is 200 Å². The SMILES string of the molecule is C=C\C(C(N)=O)=C(Nc1cccc(OC)c1)/C(=C/C(=C\C)S(=O)(=O)/C(C=C)=C/C(=C\C)C(=O)Nc1ccc(CCCCCNC[C@H](O)c2ccc(O)c(CO)c2)cc1)C(=C)C. The number of sulfone groups is 1. The Morgan fingerprint density at radius 3 is 2.21 bits per heavy atom. The molecule has 12 nitrogen and oxygen atoms in total. The Morgan fingerprint density at radius 2 is 1.62 bits per heavy atom. The highest BCUT2D eigenvalue weighted by molar-refractivity contribution is 7.99. The number of anilines is 2. The second-order valence-electron chi connectivity index (χ2n) is 14.0. The van der Waals surface area contributed by atoms with Crippen LogP contribution in [0.2, 0.25) is 0 Å². The van der Waals surface area contributed by atoms with Gasteiger partial charge in [0.2, 0.25) is 9.84 Å². The quantitative estimate of drug-likeness (QED) is 0.0266. The molecule has 3 aromatic carbocycles. The van der Waals surface area contributed by atoms with Crippen LogP contribution in [-0.4, -0.2) is 55.8 Å². The summed E-state index contributed by atoms with van der Waals surface area (Å²) in [6.45, 7) is 17.1. The number of amides is 2. The standard InChI is InChI=1S/C48H58N4O8S/c1-8-34(48(57)52-37-22-19-33(20-23-37)16-13-12-14-25-50-30-45(55)35-21-24-44(54)36(26-35)31-53)27-40(9-2)61(58,59)41(10-3)29-43(32(5)6)46(42(11-4)47(49)56)51-38-17-15-18-39(28-38)60-7/h8-11,15,17-24,26-29,45,50-51,53-55H,2,4-5,12-14,16,25,30-31H2,1,3,6-7H3,(H2,49,56)(H,52,57)/b34-8+,40-27+,41-10+,43-29+,46-42-/t45-/m0/s1. The van der Waals surface area contributed by atoms with E-state index >= 15 is 0 Å². The number of carbonyl (C=O) groups is 2. The van der Waals surface area contributed by atoms with Crippen LogP contribution in [0.4, 0.5) is 11.4 Å². The lowest BCUT2D eigenvalue weighted by molar-refractivity contribution is -0.114. The van der Waals surface area contributed by atoms with Gasteiger partial charge in [-0.05, 0) is 112 Å². The number of nitrogens with two attached hydrogens (primary N) is 1. The maximum atomic E-state index is 14.2. The molecule has 2 amide bonds. The van der Waals surface area contributed by atoms with E-state index in [1.807, 2.05) is 12.1 Å². The molecule has 61 heavy (non-hydrogen) atoms. The molecule has 0 aliphatic carbocycles. The van der Waals surface area contributed by atoms with Crippen LogP contribution in [0.15, 0.2) is 161 Å². The van der Waals surface area contributed by atoms with Crippen molar-refractivity contribution in [3.8, 4) is 11.5 Å². The summed E-state index contributed by atoms with van der Waals surface area (Å²) in [4.78, 5) is 25.6. The minimum absolute atomic E-state index is 0.00451. The Bertz CT molecular complexity index is 2340. The molecular formula is C48H58N4O8S. The molecule has 8 N–H and O–H groups in total. The van der Waals surface area contributed by atoms with E-state index in [0.29, 0.717) is 40.4 Å². The predicted octanol–water partition coefficient (Wildman–Crippen LogP) is 7.74. The first-order chi connectivity index (χ1) is 29.1. The van der Waals surface area contributed by atoms with E-state index in [2.05, 4.69) is 35.7 Å². The number of allylic oxidation sites excluding steroid dienone is 5. The molecule has 0 saturated heterocycles. The number of ether oxygens (including phenoxy) is 1. The first kappa shape index (κ1) is 49.1. The maximum Gasteiger partial charge on any atom is 0.255 e. The number of phenols is 1. The third-order valence-corrected chi connectivity index (χ3v) is 11.5. The highest BCUT2D eigenvalue weighted by Crippen LogP contribution is 2.31. The summed E-state index contributed by atoms with van der Waals surface area (Å²) in [6.07, 6.45) is 10.8. The summed E-state index contributed by atoms with van der Waals surface area (Å²) in [5, 5.41) is 38.8. The van der Waals surface area contributed by atoms with Crippen molar-refractivity contribution in [1.29, 1.82) is 0 Å². The predicted molar refractivity (Wildman–Crippen MR) is 245 cm³/mol. The van der Waals surface area contributed by atoms with E-state index in [-0.39, 0.29) is 44.6 Å². The summed E-state index contributed by atoms with van der Waals surface area (Å²) in [5.41, 5.74) is 9.81. The van der Waals surface area contributed by atoms with Crippen molar-refractivity contribution in [2.24, 2.45) is 5.73 Å². The van der Waals surface area contributed by atoms with E-state index < -0.39 is 27.8 Å². The van der Waals surface area contributed by atoms with Gasteiger partial charge < -0.3 is 41.7 Å². The van der Waals surface area contributed by atoms with Crippen molar-refractivity contribution in [2.75, 3.05) is 30.8 Å². The molecule has 0 fully saturated rings. The zero-order chi connectivity index (χ0) is 45.1. The summed E-state index contributed by atoms with van der Waals surface area (Å²) in [7, 11) is -2.78.